The molecule has 0 bridgehead atoms. The monoisotopic (exact) mass is 1950 g/mol. The Hall–Kier alpha value is -2.36. The van der Waals surface area contributed by atoms with E-state index in [0.29, 0.717) is 0 Å². The first kappa shape index (κ1) is 74.9. The average Bonchev–Trinajstić information content (AvgIpc) is 3.27. The van der Waals surface area contributed by atoms with Crippen LogP contribution in [0.25, 0.3) is 0 Å². The lowest BCUT2D eigenvalue weighted by atomic mass is 10.00. The van der Waals surface area contributed by atoms with Gasteiger partial charge in [0.25, 0.3) is 35.4 Å². The van der Waals surface area contributed by atoms with Crippen LogP contribution in [0.2, 0.25) is 0 Å². The Morgan fingerprint density at radius 1 is 0.398 bits per heavy atom. The molecular formula is C49H60I7N9O18. The molecule has 3 aromatic carbocycles. The highest BCUT2D eigenvalue weighted by Crippen LogP contribution is 2.39. The molecule has 3 unspecified atom stereocenters. The Kier molecular flexibility index (Phi) is 32.1. The number of rotatable bonds is 29. The second-order valence-electron chi connectivity index (χ2n) is 18.0. The zero-order valence-electron chi connectivity index (χ0n) is 44.5. The number of hydrogen-bond acceptors (Lipinski definition) is 18. The van der Waals surface area contributed by atoms with Gasteiger partial charge >= 0.3 is 0 Å². The van der Waals surface area contributed by atoms with E-state index < -0.39 is 118 Å². The highest BCUT2D eigenvalue weighted by molar-refractivity contribution is 14.1. The van der Waals surface area contributed by atoms with Crippen molar-refractivity contribution < 1.29 is 89.1 Å². The number of nitrogens with one attached hydrogen (secondary N) is 6. The van der Waals surface area contributed by atoms with Crippen molar-refractivity contribution in [2.45, 2.75) is 45.0 Å². The highest BCUT2D eigenvalue weighted by Gasteiger charge is 2.34. The minimum absolute atomic E-state index is 0.000242. The molecule has 0 aliphatic rings. The van der Waals surface area contributed by atoms with Gasteiger partial charge in [0, 0.05) is 70.6 Å². The number of halogens is 7. The van der Waals surface area contributed by atoms with Crippen LogP contribution in [0.1, 0.15) is 86.1 Å². The molecule has 3 atom stereocenters. The van der Waals surface area contributed by atoms with Crippen LogP contribution in [0.5, 0.6) is 0 Å². The Labute approximate surface area is 571 Å². The first-order valence-corrected chi connectivity index (χ1v) is 32.0. The van der Waals surface area contributed by atoms with Crippen molar-refractivity contribution in [2.75, 3.05) is 116 Å². The zero-order valence-corrected chi connectivity index (χ0v) is 59.6. The molecule has 458 valence electrons. The Balaban J connectivity index is 2.20. The molecule has 3 aromatic rings. The number of aliphatic hydroxyl groups excluding tert-OH is 9. The van der Waals surface area contributed by atoms with Crippen LogP contribution >= 0.6 is 158 Å². The summed E-state index contributed by atoms with van der Waals surface area (Å²) < 4.78 is 1.19. The third kappa shape index (κ3) is 19.6. The van der Waals surface area contributed by atoms with Crippen LogP contribution in [-0.2, 0) is 14.4 Å². The highest BCUT2D eigenvalue weighted by atomic mass is 127. The molecule has 0 spiro atoms. The van der Waals surface area contributed by atoms with E-state index in [-0.39, 0.29) is 139 Å². The second kappa shape index (κ2) is 35.6. The maximum absolute atomic E-state index is 15.3. The van der Waals surface area contributed by atoms with Crippen molar-refractivity contribution in [2.24, 2.45) is 0 Å². The maximum atomic E-state index is 15.3. The molecule has 0 aliphatic heterocycles. The predicted octanol–water partition coefficient (Wildman–Crippen LogP) is 0.344. The summed E-state index contributed by atoms with van der Waals surface area (Å²) in [4.78, 5) is 127. The molecule has 0 radical (unpaired) electrons. The fraction of sp³-hybridized carbons (Fsp3) is 0.449. The molecule has 15 N–H and O–H groups in total. The van der Waals surface area contributed by atoms with Gasteiger partial charge < -0.3 is 92.6 Å². The van der Waals surface area contributed by atoms with Crippen molar-refractivity contribution in [3.8, 4) is 0 Å². The Bertz CT molecular complexity index is 2850. The maximum Gasteiger partial charge on any atom is 0.255 e. The molecule has 0 heterocycles. The van der Waals surface area contributed by atoms with E-state index in [1.807, 2.05) is 90.4 Å². The first-order chi connectivity index (χ1) is 39.0. The minimum atomic E-state index is -1.35. The van der Waals surface area contributed by atoms with Gasteiger partial charge in [-0.25, -0.2) is 0 Å². The van der Waals surface area contributed by atoms with Gasteiger partial charge in [-0.15, -0.1) is 0 Å². The topological polar surface area (TPSA) is 418 Å². The Morgan fingerprint density at radius 2 is 0.687 bits per heavy atom. The third-order valence-electron chi connectivity index (χ3n) is 12.1. The second-order valence-corrected chi connectivity index (χ2v) is 25.6. The molecule has 0 fully saturated rings. The van der Waals surface area contributed by atoms with Crippen LogP contribution in [0.3, 0.4) is 0 Å². The predicted molar refractivity (Wildman–Crippen MR) is 360 cm³/mol. The average molecular weight is 1950 g/mol. The molecule has 0 aliphatic carbocycles. The van der Waals surface area contributed by atoms with E-state index >= 15 is 4.79 Å². The lowest BCUT2D eigenvalue weighted by Gasteiger charge is -2.29. The molecule has 83 heavy (non-hydrogen) atoms. The fourth-order valence-corrected chi connectivity index (χ4v) is 17.5. The summed E-state index contributed by atoms with van der Waals surface area (Å²) in [5, 5.41) is 102. The van der Waals surface area contributed by atoms with Crippen molar-refractivity contribution in [1.82, 2.24) is 30.7 Å². The third-order valence-corrected chi connectivity index (χ3v) is 19.6. The SMILES string of the molecule is Cc1c(NC(=O)CO)c(I)c(C(=O)NCC(O)CO)c(I)c1C(=O)N(CCCN(C)C(=O)c1c(I)c(NC(=O)CO)c(C)c(C(=O)NCC(O)CO)c1I)CCCN(C)C(=O)c1c(I)c(NC(=O)CO)c(I)c(C(=O)NCC(O)CO)c1I. The summed E-state index contributed by atoms with van der Waals surface area (Å²) in [7, 11) is 2.90. The Morgan fingerprint density at radius 3 is 1.05 bits per heavy atom. The van der Waals surface area contributed by atoms with Crippen molar-refractivity contribution >= 4 is 228 Å². The molecule has 0 saturated carbocycles. The van der Waals surface area contributed by atoms with Crippen molar-refractivity contribution in [3.63, 3.8) is 0 Å². The normalized spacial score (nSPS) is 12.1. The summed E-state index contributed by atoms with van der Waals surface area (Å²) in [5.41, 5.74) is 0.169. The van der Waals surface area contributed by atoms with Gasteiger partial charge in [-0.3, -0.25) is 43.2 Å². The summed E-state index contributed by atoms with van der Waals surface area (Å²) in [6.45, 7) is -3.32. The van der Waals surface area contributed by atoms with Crippen LogP contribution in [-0.4, -0.2) is 232 Å². The number of benzene rings is 3. The van der Waals surface area contributed by atoms with E-state index in [4.69, 9.17) is 0 Å². The molecule has 0 aromatic heterocycles. The fourth-order valence-electron chi connectivity index (χ4n) is 7.65. The smallest absolute Gasteiger partial charge is 0.255 e. The van der Waals surface area contributed by atoms with Gasteiger partial charge in [-0.05, 0) is 196 Å². The summed E-state index contributed by atoms with van der Waals surface area (Å²) in [6, 6.07) is 0. The number of amides is 9. The lowest BCUT2D eigenvalue weighted by molar-refractivity contribution is -0.119. The van der Waals surface area contributed by atoms with Crippen molar-refractivity contribution in [3.05, 3.63) is 69.5 Å². The summed E-state index contributed by atoms with van der Waals surface area (Å²) in [5.74, 6) is -6.87. The van der Waals surface area contributed by atoms with E-state index in [1.54, 1.807) is 67.8 Å². The summed E-state index contributed by atoms with van der Waals surface area (Å²) >= 11 is 12.7. The van der Waals surface area contributed by atoms with Gasteiger partial charge in [0.1, 0.15) is 19.8 Å². The van der Waals surface area contributed by atoms with E-state index in [0.717, 1.165) is 0 Å². The molecule has 34 heteroatoms. The van der Waals surface area contributed by atoms with Gasteiger partial charge in [0.15, 0.2) is 0 Å². The number of nitrogens with zero attached hydrogens (tertiary/aromatic N) is 3. The number of hydrogen-bond donors (Lipinski definition) is 15. The summed E-state index contributed by atoms with van der Waals surface area (Å²) in [6.07, 6.45) is -3.88. The molecule has 27 nitrogen and oxygen atoms in total. The van der Waals surface area contributed by atoms with Crippen LogP contribution in [0.4, 0.5) is 17.1 Å². The standard InChI is InChI=1S/C49H60I7N9O18/c1-20-28(44(78)57-11-22(72)14-66)34(50)32(39(55)41(20)60-25(75)17-69)47(81)63(3)7-5-9-65(49(83)29-21(2)42(61-26(76)18-70)37(53)30(35(29)51)45(79)58-12-23(73)15-67)10-6-8-64(4)48(82)33-36(52)31(46(80)59-13-24(74)16-68)38(54)43(40(33)56)62-27(77)19-71/h22-24,66-74H,5-19H2,1-4H3,(H,57,78)(H,58,79)(H,59,80)(H,60,75)(H,61,76)(H,62,77). The van der Waals surface area contributed by atoms with Gasteiger partial charge in [0.2, 0.25) is 17.7 Å². The van der Waals surface area contributed by atoms with Crippen LogP contribution in [0, 0.1) is 38.8 Å². The molecule has 9 amide bonds. The number of carbonyl (C=O) groups excluding carboxylic acids is 9. The number of aliphatic hydroxyl groups is 9. The largest absolute Gasteiger partial charge is 0.394 e. The van der Waals surface area contributed by atoms with Crippen molar-refractivity contribution in [1.29, 1.82) is 0 Å². The number of anilines is 3. The van der Waals surface area contributed by atoms with Crippen LogP contribution in [0.15, 0.2) is 0 Å². The molecule has 3 rings (SSSR count). The first-order valence-electron chi connectivity index (χ1n) is 24.5. The minimum Gasteiger partial charge on any atom is -0.394 e. The van der Waals surface area contributed by atoms with Crippen LogP contribution < -0.4 is 31.9 Å². The van der Waals surface area contributed by atoms with E-state index in [2.05, 4.69) is 31.9 Å². The van der Waals surface area contributed by atoms with E-state index in [1.165, 1.54) is 42.6 Å². The van der Waals surface area contributed by atoms with Gasteiger partial charge in [-0.2, -0.15) is 0 Å². The molecular weight excluding hydrogens is 1890 g/mol. The van der Waals surface area contributed by atoms with E-state index in [9.17, 15) is 84.3 Å². The van der Waals surface area contributed by atoms with Gasteiger partial charge in [0.05, 0.1) is 103 Å². The number of carbonyl (C=O) groups is 9. The molecule has 0 saturated heterocycles. The van der Waals surface area contributed by atoms with Gasteiger partial charge in [-0.1, -0.05) is 0 Å². The quantitative estimate of drug-likeness (QED) is 0.0417. The zero-order chi connectivity index (χ0) is 62.9. The lowest BCUT2D eigenvalue weighted by Crippen LogP contribution is -2.39.